The van der Waals surface area contributed by atoms with Gasteiger partial charge in [-0.05, 0) is 49.0 Å². The number of esters is 1. The number of rotatable bonds is 3. The fourth-order valence-corrected chi connectivity index (χ4v) is 1.07. The van der Waals surface area contributed by atoms with Crippen molar-refractivity contribution in [1.82, 2.24) is 0 Å². The van der Waals surface area contributed by atoms with Gasteiger partial charge in [0.1, 0.15) is 12.4 Å². The maximum Gasteiger partial charge on any atom is 0.337 e. The molecule has 0 bridgehead atoms. The van der Waals surface area contributed by atoms with Gasteiger partial charge in [-0.15, -0.1) is 0 Å². The highest BCUT2D eigenvalue weighted by atomic mass is 16.5. The molecule has 0 radical (unpaired) electrons. The van der Waals surface area contributed by atoms with Gasteiger partial charge in [0.05, 0.1) is 12.7 Å². The van der Waals surface area contributed by atoms with Crippen molar-refractivity contribution in [3.8, 4) is 29.4 Å². The van der Waals surface area contributed by atoms with Crippen LogP contribution in [0.2, 0.25) is 0 Å². The Kier molecular flexibility index (Phi) is 5.20. The molecule has 3 nitrogen and oxygen atoms in total. The van der Waals surface area contributed by atoms with E-state index in [0.717, 1.165) is 0 Å². The first-order valence-corrected chi connectivity index (χ1v) is 4.98. The van der Waals surface area contributed by atoms with E-state index in [4.69, 9.17) is 4.74 Å². The van der Waals surface area contributed by atoms with Gasteiger partial charge in [0.25, 0.3) is 0 Å². The molecule has 0 aliphatic rings. The van der Waals surface area contributed by atoms with E-state index >= 15 is 0 Å². The highest BCUT2D eigenvalue weighted by Crippen LogP contribution is 2.12. The molecule has 0 spiro atoms. The largest absolute Gasteiger partial charge is 0.481 e. The minimum Gasteiger partial charge on any atom is -0.481 e. The maximum absolute atomic E-state index is 11.2. The molecule has 0 aromatic heterocycles. The van der Waals surface area contributed by atoms with Crippen LogP contribution < -0.4 is 4.74 Å². The van der Waals surface area contributed by atoms with Crippen LogP contribution in [-0.4, -0.2) is 19.7 Å². The van der Waals surface area contributed by atoms with Gasteiger partial charge in [0, 0.05) is 0 Å². The highest BCUT2D eigenvalue weighted by molar-refractivity contribution is 5.89. The molecule has 0 saturated carbocycles. The van der Waals surface area contributed by atoms with Crippen LogP contribution in [0.3, 0.4) is 0 Å². The minimum atomic E-state index is -0.366. The minimum absolute atomic E-state index is 0.270. The molecule has 0 heterocycles. The Hall–Kier alpha value is -2.39. The van der Waals surface area contributed by atoms with Gasteiger partial charge >= 0.3 is 5.97 Å². The number of methoxy groups -OCH3 is 1. The zero-order valence-corrected chi connectivity index (χ0v) is 9.74. The fourth-order valence-electron chi connectivity index (χ4n) is 1.07. The van der Waals surface area contributed by atoms with Gasteiger partial charge in [-0.3, -0.25) is 0 Å². The highest BCUT2D eigenvalue weighted by Gasteiger charge is 2.03. The molecule has 0 saturated heterocycles. The molecule has 0 fully saturated rings. The van der Waals surface area contributed by atoms with E-state index < -0.39 is 0 Å². The average molecular weight is 228 g/mol. The first kappa shape index (κ1) is 12.7. The van der Waals surface area contributed by atoms with Crippen molar-refractivity contribution in [2.45, 2.75) is 6.92 Å². The molecule has 1 aromatic carbocycles. The lowest BCUT2D eigenvalue weighted by Crippen LogP contribution is -2.01. The summed E-state index contributed by atoms with van der Waals surface area (Å²) in [6.45, 7) is 1.99. The summed E-state index contributed by atoms with van der Waals surface area (Å²) < 4.78 is 9.91. The molecular weight excluding hydrogens is 216 g/mol. The Morgan fingerprint density at radius 1 is 1.24 bits per heavy atom. The van der Waals surface area contributed by atoms with Crippen molar-refractivity contribution in [3.63, 3.8) is 0 Å². The molecular formula is C14H12O3. The molecule has 1 rings (SSSR count). The standard InChI is InChI=1S/C14H12O3/c1-3-4-5-6-11-17-13-9-7-12(8-10-13)14(15)16-2/h7-10H,11H2,1-2H3. The molecule has 3 heteroatoms. The lowest BCUT2D eigenvalue weighted by atomic mass is 10.2. The van der Waals surface area contributed by atoms with Gasteiger partial charge < -0.3 is 9.47 Å². The quantitative estimate of drug-likeness (QED) is 0.585. The molecule has 0 unspecified atom stereocenters. The summed E-state index contributed by atoms with van der Waals surface area (Å²) >= 11 is 0. The van der Waals surface area contributed by atoms with Crippen molar-refractivity contribution < 1.29 is 14.3 Å². The van der Waals surface area contributed by atoms with Gasteiger partial charge in [-0.2, -0.15) is 0 Å². The van der Waals surface area contributed by atoms with Crippen molar-refractivity contribution in [1.29, 1.82) is 0 Å². The molecule has 0 aliphatic heterocycles. The maximum atomic E-state index is 11.2. The Balaban J connectivity index is 2.54. The SMILES string of the molecule is CC#CC#CCOc1ccc(C(=O)OC)cc1. The van der Waals surface area contributed by atoms with E-state index in [0.29, 0.717) is 11.3 Å². The number of hydrogen-bond acceptors (Lipinski definition) is 3. The van der Waals surface area contributed by atoms with Crippen LogP contribution in [0.1, 0.15) is 17.3 Å². The summed E-state index contributed by atoms with van der Waals surface area (Å²) in [7, 11) is 1.34. The predicted molar refractivity (Wildman–Crippen MR) is 64.5 cm³/mol. The van der Waals surface area contributed by atoms with Gasteiger partial charge in [0.15, 0.2) is 0 Å². The van der Waals surface area contributed by atoms with Crippen molar-refractivity contribution >= 4 is 5.97 Å². The summed E-state index contributed by atoms with van der Waals surface area (Å²) in [4.78, 5) is 11.2. The molecule has 0 aliphatic carbocycles. The summed E-state index contributed by atoms with van der Waals surface area (Å²) in [5.41, 5.74) is 0.489. The molecule has 17 heavy (non-hydrogen) atoms. The topological polar surface area (TPSA) is 35.5 Å². The van der Waals surface area contributed by atoms with Crippen molar-refractivity contribution in [2.75, 3.05) is 13.7 Å². The van der Waals surface area contributed by atoms with E-state index in [-0.39, 0.29) is 12.6 Å². The second kappa shape index (κ2) is 6.98. The lowest BCUT2D eigenvalue weighted by molar-refractivity contribution is 0.0600. The molecule has 0 N–H and O–H groups in total. The molecule has 0 atom stereocenters. The molecule has 0 amide bonds. The smallest absolute Gasteiger partial charge is 0.337 e. The normalized spacial score (nSPS) is 8.12. The van der Waals surface area contributed by atoms with E-state index in [9.17, 15) is 4.79 Å². The average Bonchev–Trinajstić information content (AvgIpc) is 2.38. The number of carbonyl (C=O) groups is 1. The van der Waals surface area contributed by atoms with Crippen LogP contribution in [0.25, 0.3) is 0 Å². The van der Waals surface area contributed by atoms with Crippen molar-refractivity contribution in [3.05, 3.63) is 29.8 Å². The van der Waals surface area contributed by atoms with Crippen LogP contribution in [-0.2, 0) is 4.74 Å². The Morgan fingerprint density at radius 2 is 1.94 bits per heavy atom. The fraction of sp³-hybridized carbons (Fsp3) is 0.214. The van der Waals surface area contributed by atoms with Gasteiger partial charge in [-0.25, -0.2) is 4.79 Å². The summed E-state index contributed by atoms with van der Waals surface area (Å²) in [5, 5.41) is 0. The first-order valence-electron chi connectivity index (χ1n) is 4.98. The third-order valence-corrected chi connectivity index (χ3v) is 1.86. The second-order valence-corrected chi connectivity index (χ2v) is 2.98. The predicted octanol–water partition coefficient (Wildman–Crippen LogP) is 1.88. The number of carbonyl (C=O) groups excluding carboxylic acids is 1. The number of benzene rings is 1. The summed E-state index contributed by atoms with van der Waals surface area (Å²) in [6.07, 6.45) is 0. The molecule has 1 aromatic rings. The third kappa shape index (κ3) is 4.32. The Bertz CT molecular complexity index is 492. The zero-order valence-electron chi connectivity index (χ0n) is 9.74. The summed E-state index contributed by atoms with van der Waals surface area (Å²) in [5.74, 6) is 10.9. The monoisotopic (exact) mass is 228 g/mol. The first-order chi connectivity index (χ1) is 8.27. The summed E-state index contributed by atoms with van der Waals surface area (Å²) in [6, 6.07) is 6.67. The van der Waals surface area contributed by atoms with Crippen LogP contribution in [0.5, 0.6) is 5.75 Å². The zero-order chi connectivity index (χ0) is 12.5. The van der Waals surface area contributed by atoms with Gasteiger partial charge in [0.2, 0.25) is 0 Å². The van der Waals surface area contributed by atoms with E-state index in [1.807, 2.05) is 0 Å². The Morgan fingerprint density at radius 3 is 2.53 bits per heavy atom. The van der Waals surface area contributed by atoms with E-state index in [1.54, 1.807) is 31.2 Å². The Labute approximate surface area is 101 Å². The van der Waals surface area contributed by atoms with Gasteiger partial charge in [-0.1, -0.05) is 5.92 Å². The van der Waals surface area contributed by atoms with E-state index in [2.05, 4.69) is 28.4 Å². The van der Waals surface area contributed by atoms with Crippen molar-refractivity contribution in [2.24, 2.45) is 0 Å². The van der Waals surface area contributed by atoms with Crippen LogP contribution >= 0.6 is 0 Å². The van der Waals surface area contributed by atoms with Crippen LogP contribution in [0.4, 0.5) is 0 Å². The van der Waals surface area contributed by atoms with E-state index in [1.165, 1.54) is 7.11 Å². The van der Waals surface area contributed by atoms with Crippen LogP contribution in [0.15, 0.2) is 24.3 Å². The van der Waals surface area contributed by atoms with Crippen LogP contribution in [0, 0.1) is 23.7 Å². The number of ether oxygens (including phenoxy) is 2. The lowest BCUT2D eigenvalue weighted by Gasteiger charge is -2.02. The second-order valence-electron chi connectivity index (χ2n) is 2.98. The number of hydrogen-bond donors (Lipinski definition) is 0. The third-order valence-electron chi connectivity index (χ3n) is 1.86. The molecule has 86 valence electrons.